The third-order valence-electron chi connectivity index (χ3n) is 5.87. The molecule has 1 saturated heterocycles. The van der Waals surface area contributed by atoms with Crippen molar-refractivity contribution in [2.45, 2.75) is 57.5 Å². The van der Waals surface area contributed by atoms with Crippen molar-refractivity contribution in [1.82, 2.24) is 0 Å². The van der Waals surface area contributed by atoms with E-state index in [-0.39, 0.29) is 0 Å². The van der Waals surface area contributed by atoms with Gasteiger partial charge in [-0.1, -0.05) is 50.8 Å². The van der Waals surface area contributed by atoms with E-state index in [1.165, 1.54) is 37.8 Å². The number of piperidine rings is 1. The standard InChI is InChI=1S/C19H29NO/c1-2-16-8-6-7-11-18(16)19(21)12-14-20(15-13-19)17-9-4-3-5-10-17/h3-5,9-10,16,18,21H,2,6-8,11-15H2,1H3. The van der Waals surface area contributed by atoms with Gasteiger partial charge in [0, 0.05) is 18.8 Å². The fraction of sp³-hybridized carbons (Fsp3) is 0.684. The molecule has 2 unspecified atom stereocenters. The highest BCUT2D eigenvalue weighted by atomic mass is 16.3. The van der Waals surface area contributed by atoms with E-state index in [1.807, 2.05) is 0 Å². The number of rotatable bonds is 3. The zero-order valence-corrected chi connectivity index (χ0v) is 13.3. The Morgan fingerprint density at radius 2 is 1.76 bits per heavy atom. The largest absolute Gasteiger partial charge is 0.389 e. The van der Waals surface area contributed by atoms with Gasteiger partial charge in [-0.05, 0) is 43.2 Å². The summed E-state index contributed by atoms with van der Waals surface area (Å²) in [7, 11) is 0. The Labute approximate surface area is 129 Å². The molecule has 1 aliphatic carbocycles. The van der Waals surface area contributed by atoms with Gasteiger partial charge in [-0.2, -0.15) is 0 Å². The topological polar surface area (TPSA) is 23.5 Å². The minimum absolute atomic E-state index is 0.410. The van der Waals surface area contributed by atoms with Crippen molar-refractivity contribution in [2.75, 3.05) is 18.0 Å². The van der Waals surface area contributed by atoms with E-state index in [0.717, 1.165) is 31.8 Å². The third-order valence-corrected chi connectivity index (χ3v) is 5.87. The van der Waals surface area contributed by atoms with E-state index in [4.69, 9.17) is 0 Å². The van der Waals surface area contributed by atoms with Gasteiger partial charge in [0.25, 0.3) is 0 Å². The summed E-state index contributed by atoms with van der Waals surface area (Å²) in [4.78, 5) is 2.43. The van der Waals surface area contributed by atoms with E-state index >= 15 is 0 Å². The quantitative estimate of drug-likeness (QED) is 0.899. The van der Waals surface area contributed by atoms with Gasteiger partial charge in [0.15, 0.2) is 0 Å². The van der Waals surface area contributed by atoms with Gasteiger partial charge in [-0.15, -0.1) is 0 Å². The molecule has 0 bridgehead atoms. The monoisotopic (exact) mass is 287 g/mol. The molecule has 3 rings (SSSR count). The maximum absolute atomic E-state index is 11.2. The molecule has 1 aliphatic heterocycles. The summed E-state index contributed by atoms with van der Waals surface area (Å²) in [5.41, 5.74) is 0.891. The van der Waals surface area contributed by atoms with Crippen LogP contribution in [0.5, 0.6) is 0 Å². The third kappa shape index (κ3) is 3.11. The predicted octanol–water partition coefficient (Wildman–Crippen LogP) is 4.23. The van der Waals surface area contributed by atoms with Crippen LogP contribution in [0.3, 0.4) is 0 Å². The Balaban J connectivity index is 1.66. The Hall–Kier alpha value is -1.02. The summed E-state index contributed by atoms with van der Waals surface area (Å²) < 4.78 is 0. The molecule has 1 aromatic rings. The van der Waals surface area contributed by atoms with Gasteiger partial charge in [-0.25, -0.2) is 0 Å². The van der Waals surface area contributed by atoms with Crippen molar-refractivity contribution in [3.63, 3.8) is 0 Å². The van der Waals surface area contributed by atoms with Gasteiger partial charge in [-0.3, -0.25) is 0 Å². The predicted molar refractivity (Wildman–Crippen MR) is 88.6 cm³/mol. The summed E-state index contributed by atoms with van der Waals surface area (Å²) >= 11 is 0. The maximum Gasteiger partial charge on any atom is 0.0712 e. The lowest BCUT2D eigenvalue weighted by molar-refractivity contribution is -0.0745. The first kappa shape index (κ1) is 14.9. The first-order valence-corrected chi connectivity index (χ1v) is 8.75. The van der Waals surface area contributed by atoms with Crippen LogP contribution < -0.4 is 4.90 Å². The average molecular weight is 287 g/mol. The molecule has 0 radical (unpaired) electrons. The maximum atomic E-state index is 11.2. The molecular weight excluding hydrogens is 258 g/mol. The van der Waals surface area contributed by atoms with Gasteiger partial charge in [0.1, 0.15) is 0 Å². The van der Waals surface area contributed by atoms with Crippen molar-refractivity contribution in [1.29, 1.82) is 0 Å². The highest BCUT2D eigenvalue weighted by Gasteiger charge is 2.43. The van der Waals surface area contributed by atoms with Crippen LogP contribution in [0.2, 0.25) is 0 Å². The zero-order valence-electron chi connectivity index (χ0n) is 13.3. The lowest BCUT2D eigenvalue weighted by Gasteiger charge is -2.48. The second-order valence-corrected chi connectivity index (χ2v) is 6.99. The Kier molecular flexibility index (Phi) is 4.54. The lowest BCUT2D eigenvalue weighted by Crippen LogP contribution is -2.51. The second-order valence-electron chi connectivity index (χ2n) is 6.99. The van der Waals surface area contributed by atoms with E-state index in [2.05, 4.69) is 42.2 Å². The van der Waals surface area contributed by atoms with Crippen LogP contribution in [0, 0.1) is 11.8 Å². The Bertz CT molecular complexity index is 436. The van der Waals surface area contributed by atoms with Gasteiger partial charge < -0.3 is 10.0 Å². The molecule has 2 heteroatoms. The van der Waals surface area contributed by atoms with E-state index < -0.39 is 5.60 Å². The van der Waals surface area contributed by atoms with Crippen molar-refractivity contribution >= 4 is 5.69 Å². The molecule has 1 saturated carbocycles. The molecule has 116 valence electrons. The Morgan fingerprint density at radius 1 is 1.10 bits per heavy atom. The number of para-hydroxylation sites is 1. The van der Waals surface area contributed by atoms with Crippen molar-refractivity contribution in [2.24, 2.45) is 11.8 Å². The van der Waals surface area contributed by atoms with Crippen LogP contribution in [0.1, 0.15) is 51.9 Å². The number of hydrogen-bond acceptors (Lipinski definition) is 2. The number of benzene rings is 1. The van der Waals surface area contributed by atoms with Crippen molar-refractivity contribution < 1.29 is 5.11 Å². The number of anilines is 1. The van der Waals surface area contributed by atoms with Gasteiger partial charge >= 0.3 is 0 Å². The SMILES string of the molecule is CCC1CCCCC1C1(O)CCN(c2ccccc2)CC1. The average Bonchev–Trinajstić information content (AvgIpc) is 2.56. The van der Waals surface area contributed by atoms with Crippen LogP contribution >= 0.6 is 0 Å². The van der Waals surface area contributed by atoms with Crippen LogP contribution in [0.25, 0.3) is 0 Å². The van der Waals surface area contributed by atoms with E-state index in [1.54, 1.807) is 0 Å². The summed E-state index contributed by atoms with van der Waals surface area (Å²) in [5, 5.41) is 11.2. The minimum atomic E-state index is -0.410. The molecule has 1 N–H and O–H groups in total. The molecule has 21 heavy (non-hydrogen) atoms. The molecule has 0 aromatic heterocycles. The fourth-order valence-electron chi connectivity index (χ4n) is 4.57. The second kappa shape index (κ2) is 6.39. The molecule has 2 atom stereocenters. The van der Waals surface area contributed by atoms with Crippen LogP contribution in [0.4, 0.5) is 5.69 Å². The number of nitrogens with zero attached hydrogens (tertiary/aromatic N) is 1. The molecule has 1 heterocycles. The highest BCUT2D eigenvalue weighted by molar-refractivity contribution is 5.46. The van der Waals surface area contributed by atoms with Crippen LogP contribution in [-0.2, 0) is 0 Å². The molecule has 1 aromatic carbocycles. The van der Waals surface area contributed by atoms with E-state index in [9.17, 15) is 5.11 Å². The summed E-state index contributed by atoms with van der Waals surface area (Å²) in [6, 6.07) is 10.6. The first-order valence-electron chi connectivity index (χ1n) is 8.75. The molecular formula is C19H29NO. The first-order chi connectivity index (χ1) is 10.2. The molecule has 2 aliphatic rings. The van der Waals surface area contributed by atoms with Gasteiger partial charge in [0.05, 0.1) is 5.60 Å². The number of aliphatic hydroxyl groups is 1. The summed E-state index contributed by atoms with van der Waals surface area (Å²) in [6.07, 6.45) is 8.33. The van der Waals surface area contributed by atoms with E-state index in [0.29, 0.717) is 5.92 Å². The summed E-state index contributed by atoms with van der Waals surface area (Å²) in [6.45, 7) is 4.28. The molecule has 2 nitrogen and oxygen atoms in total. The van der Waals surface area contributed by atoms with Crippen LogP contribution in [0.15, 0.2) is 30.3 Å². The normalized spacial score (nSPS) is 29.3. The van der Waals surface area contributed by atoms with Crippen molar-refractivity contribution in [3.8, 4) is 0 Å². The number of hydrogen-bond donors (Lipinski definition) is 1. The lowest BCUT2D eigenvalue weighted by atomic mass is 9.66. The molecule has 0 spiro atoms. The van der Waals surface area contributed by atoms with Crippen molar-refractivity contribution in [3.05, 3.63) is 30.3 Å². The Morgan fingerprint density at radius 3 is 2.43 bits per heavy atom. The molecule has 0 amide bonds. The zero-order chi connectivity index (χ0) is 14.7. The molecule has 2 fully saturated rings. The smallest absolute Gasteiger partial charge is 0.0712 e. The van der Waals surface area contributed by atoms with Gasteiger partial charge in [0.2, 0.25) is 0 Å². The highest BCUT2D eigenvalue weighted by Crippen LogP contribution is 2.44. The fourth-order valence-corrected chi connectivity index (χ4v) is 4.57. The summed E-state index contributed by atoms with van der Waals surface area (Å²) in [5.74, 6) is 1.28. The minimum Gasteiger partial charge on any atom is -0.389 e. The van der Waals surface area contributed by atoms with Crippen LogP contribution in [-0.4, -0.2) is 23.8 Å².